The van der Waals surface area contributed by atoms with Crippen LogP contribution in [0.25, 0.3) is 9.88 Å². The number of nitrogens with one attached hydrogen (secondary N) is 1. The van der Waals surface area contributed by atoms with Gasteiger partial charge in [-0.1, -0.05) is 36.6 Å². The molecule has 5 nitrogen and oxygen atoms in total. The summed E-state index contributed by atoms with van der Waals surface area (Å²) in [4.78, 5) is 1.04. The Hall–Kier alpha value is -0.920. The van der Waals surface area contributed by atoms with Gasteiger partial charge in [-0.3, -0.25) is 0 Å². The molecule has 2 heterocycles. The van der Waals surface area contributed by atoms with Crippen molar-refractivity contribution in [2.45, 2.75) is 32.7 Å². The minimum absolute atomic E-state index is 0.0167. The lowest BCUT2D eigenvalue weighted by Crippen LogP contribution is -2.12. The predicted octanol–water partition coefficient (Wildman–Crippen LogP) is 2.07. The summed E-state index contributed by atoms with van der Waals surface area (Å²) >= 11 is 2.98. The lowest BCUT2D eigenvalue weighted by Gasteiger charge is -2.15. The molecule has 0 spiro atoms. The molecule has 2 rings (SSSR count). The molecule has 0 aliphatic heterocycles. The highest BCUT2D eigenvalue weighted by Crippen LogP contribution is 2.35. The van der Waals surface area contributed by atoms with Crippen molar-refractivity contribution in [1.82, 2.24) is 25.1 Å². The van der Waals surface area contributed by atoms with Gasteiger partial charge < -0.3 is 5.32 Å². The minimum atomic E-state index is -0.0167. The first-order valence-electron chi connectivity index (χ1n) is 5.32. The van der Waals surface area contributed by atoms with Crippen LogP contribution in [0, 0.1) is 0 Å². The van der Waals surface area contributed by atoms with Crippen LogP contribution in [0.1, 0.15) is 31.5 Å². The van der Waals surface area contributed by atoms with Crippen molar-refractivity contribution in [3.63, 3.8) is 0 Å². The number of hydrogen-bond donors (Lipinski definition) is 1. The fraction of sp³-hybridized carbons (Fsp3) is 0.600. The van der Waals surface area contributed by atoms with Crippen molar-refractivity contribution >= 4 is 22.9 Å². The summed E-state index contributed by atoms with van der Waals surface area (Å²) < 4.78 is 4.04. The number of hydrogen-bond acceptors (Lipinski definition) is 7. The Kier molecular flexibility index (Phi) is 3.50. The molecule has 0 amide bonds. The zero-order chi connectivity index (χ0) is 12.5. The lowest BCUT2D eigenvalue weighted by molar-refractivity contribution is 0.568. The van der Waals surface area contributed by atoms with Gasteiger partial charge in [0, 0.05) is 12.0 Å². The van der Waals surface area contributed by atoms with Crippen LogP contribution >= 0.6 is 22.9 Å². The molecule has 0 aliphatic carbocycles. The highest BCUT2D eigenvalue weighted by atomic mass is 32.1. The molecule has 0 aliphatic rings. The summed E-state index contributed by atoms with van der Waals surface area (Å²) in [5.74, 6) is 0. The molecule has 0 saturated heterocycles. The molecule has 0 bridgehead atoms. The largest absolute Gasteiger partial charge is 0.313 e. The van der Waals surface area contributed by atoms with Gasteiger partial charge in [-0.25, -0.2) is 0 Å². The van der Waals surface area contributed by atoms with Gasteiger partial charge in [0.1, 0.15) is 9.88 Å². The van der Waals surface area contributed by atoms with Crippen molar-refractivity contribution in [1.29, 1.82) is 0 Å². The smallest absolute Gasteiger partial charge is 0.161 e. The second kappa shape index (κ2) is 4.75. The maximum absolute atomic E-state index is 4.21. The van der Waals surface area contributed by atoms with Crippen LogP contribution in [-0.4, -0.2) is 26.8 Å². The van der Waals surface area contributed by atoms with Crippen molar-refractivity contribution in [3.05, 3.63) is 10.7 Å². The van der Waals surface area contributed by atoms with E-state index in [1.54, 1.807) is 11.3 Å². The van der Waals surface area contributed by atoms with Crippen LogP contribution in [0.2, 0.25) is 0 Å². The summed E-state index contributed by atoms with van der Waals surface area (Å²) in [5, 5.41) is 17.5. The molecule has 7 heteroatoms. The third kappa shape index (κ3) is 2.67. The van der Waals surface area contributed by atoms with Crippen LogP contribution in [0.4, 0.5) is 0 Å². The normalized spacial score (nSPS) is 12.0. The average Bonchev–Trinajstić information content (AvgIpc) is 2.82. The van der Waals surface area contributed by atoms with E-state index in [0.717, 1.165) is 27.1 Å². The fourth-order valence-electron chi connectivity index (χ4n) is 1.39. The quantitative estimate of drug-likeness (QED) is 0.924. The molecule has 17 heavy (non-hydrogen) atoms. The molecule has 0 fully saturated rings. The van der Waals surface area contributed by atoms with Crippen molar-refractivity contribution < 1.29 is 0 Å². The predicted molar refractivity (Wildman–Crippen MR) is 70.3 cm³/mol. The monoisotopic (exact) mass is 269 g/mol. The zero-order valence-corrected chi connectivity index (χ0v) is 11.9. The second-order valence-electron chi connectivity index (χ2n) is 4.73. The van der Waals surface area contributed by atoms with Gasteiger partial charge in [-0.15, -0.1) is 15.3 Å². The van der Waals surface area contributed by atoms with Gasteiger partial charge in [-0.2, -0.15) is 0 Å². The van der Waals surface area contributed by atoms with E-state index in [0.29, 0.717) is 0 Å². The Morgan fingerprint density at radius 3 is 2.59 bits per heavy atom. The van der Waals surface area contributed by atoms with Crippen molar-refractivity contribution in [2.75, 3.05) is 7.05 Å². The highest BCUT2D eigenvalue weighted by molar-refractivity contribution is 7.19. The molecular weight excluding hydrogens is 254 g/mol. The van der Waals surface area contributed by atoms with Crippen molar-refractivity contribution in [3.8, 4) is 9.88 Å². The van der Waals surface area contributed by atoms with E-state index in [9.17, 15) is 0 Å². The van der Waals surface area contributed by atoms with E-state index in [-0.39, 0.29) is 5.41 Å². The lowest BCUT2D eigenvalue weighted by atomic mass is 9.91. The van der Waals surface area contributed by atoms with Crippen LogP contribution in [0.15, 0.2) is 0 Å². The highest BCUT2D eigenvalue weighted by Gasteiger charge is 2.25. The van der Waals surface area contributed by atoms with Crippen LogP contribution in [-0.2, 0) is 12.0 Å². The van der Waals surface area contributed by atoms with E-state index in [2.05, 4.69) is 45.9 Å². The molecule has 92 valence electrons. The maximum atomic E-state index is 4.21. The molecular formula is C10H15N5S2. The van der Waals surface area contributed by atoms with Gasteiger partial charge in [0.25, 0.3) is 0 Å². The summed E-state index contributed by atoms with van der Waals surface area (Å²) in [6, 6.07) is 0. The summed E-state index contributed by atoms with van der Waals surface area (Å²) in [6.07, 6.45) is 0. The summed E-state index contributed by atoms with van der Waals surface area (Å²) in [6.45, 7) is 7.13. The van der Waals surface area contributed by atoms with E-state index >= 15 is 0 Å². The maximum Gasteiger partial charge on any atom is 0.161 e. The standard InChI is InChI=1S/C10H15N5S2/c1-10(2,3)8-7(17-15-13-8)9-14-12-6(16-9)5-11-4/h11H,5H2,1-4H3. The Bertz CT molecular complexity index is 497. The minimum Gasteiger partial charge on any atom is -0.313 e. The second-order valence-corrected chi connectivity index (χ2v) is 6.55. The van der Waals surface area contributed by atoms with Gasteiger partial charge >= 0.3 is 0 Å². The van der Waals surface area contributed by atoms with E-state index in [1.807, 2.05) is 7.05 Å². The van der Waals surface area contributed by atoms with E-state index in [1.165, 1.54) is 11.5 Å². The van der Waals surface area contributed by atoms with E-state index in [4.69, 9.17) is 0 Å². The average molecular weight is 269 g/mol. The Morgan fingerprint density at radius 1 is 1.18 bits per heavy atom. The molecule has 1 N–H and O–H groups in total. The van der Waals surface area contributed by atoms with Crippen LogP contribution < -0.4 is 5.32 Å². The van der Waals surface area contributed by atoms with Gasteiger partial charge in [0.2, 0.25) is 0 Å². The Labute approximate surface area is 108 Å². The van der Waals surface area contributed by atoms with E-state index < -0.39 is 0 Å². The molecule has 0 unspecified atom stereocenters. The van der Waals surface area contributed by atoms with Gasteiger partial charge in [0.05, 0.1) is 5.69 Å². The summed E-state index contributed by atoms with van der Waals surface area (Å²) in [5.41, 5.74) is 0.978. The SMILES string of the molecule is CNCc1nnc(-c2snnc2C(C)(C)C)s1. The molecule has 0 radical (unpaired) electrons. The van der Waals surface area contributed by atoms with Crippen LogP contribution in [0.3, 0.4) is 0 Å². The molecule has 2 aromatic rings. The topological polar surface area (TPSA) is 63.6 Å². The molecule has 0 atom stereocenters. The first-order valence-corrected chi connectivity index (χ1v) is 6.91. The fourth-order valence-corrected chi connectivity index (χ4v) is 3.18. The third-order valence-corrected chi connectivity index (χ3v) is 3.99. The number of rotatable bonds is 3. The first kappa shape index (κ1) is 12.5. The van der Waals surface area contributed by atoms with Gasteiger partial charge in [-0.05, 0) is 18.6 Å². The first-order chi connectivity index (χ1) is 8.02. The zero-order valence-electron chi connectivity index (χ0n) is 10.3. The van der Waals surface area contributed by atoms with Gasteiger partial charge in [0.15, 0.2) is 5.01 Å². The Balaban J connectivity index is 2.36. The van der Waals surface area contributed by atoms with Crippen molar-refractivity contribution in [2.24, 2.45) is 0 Å². The Morgan fingerprint density at radius 2 is 1.94 bits per heavy atom. The number of aromatic nitrogens is 4. The molecule has 0 aromatic carbocycles. The number of nitrogens with zero attached hydrogens (tertiary/aromatic N) is 4. The molecule has 0 saturated carbocycles. The van der Waals surface area contributed by atoms with Crippen LogP contribution in [0.5, 0.6) is 0 Å². The molecule has 2 aromatic heterocycles. The summed E-state index contributed by atoms with van der Waals surface area (Å²) in [7, 11) is 1.90. The third-order valence-electron chi connectivity index (χ3n) is 2.19.